The Morgan fingerprint density at radius 3 is 2.91 bits per heavy atom. The van der Waals surface area contributed by atoms with E-state index in [1.165, 1.54) is 6.07 Å². The number of carbonyl (C=O) groups is 1. The molecule has 0 fully saturated rings. The van der Waals surface area contributed by atoms with Crippen molar-refractivity contribution in [2.45, 2.75) is 25.3 Å². The van der Waals surface area contributed by atoms with E-state index in [9.17, 15) is 20.0 Å². The number of carboxylic acid groups (broad SMARTS) is 1. The number of anilines is 1. The Morgan fingerprint density at radius 2 is 2.27 bits per heavy atom. The standard InChI is InChI=1S/C15H16N2O5/c1-2-22-8-6-11-9-4-3-5-10(9)14(15(18)19)16-13(11)12(7-8)17(20)21/h3-4,6-7,9-10,14,16H,2,5H2,1H3,(H,18,19)/p-1/t9-,10+,14-/m0/s1. The fraction of sp³-hybridized carbons (Fsp3) is 0.400. The fourth-order valence-corrected chi connectivity index (χ4v) is 3.28. The largest absolute Gasteiger partial charge is 0.548 e. The zero-order valence-corrected chi connectivity index (χ0v) is 11.9. The maximum Gasteiger partial charge on any atom is 0.296 e. The molecule has 0 amide bonds. The molecule has 2 aliphatic rings. The zero-order chi connectivity index (χ0) is 15.9. The third-order valence-electron chi connectivity index (χ3n) is 4.18. The van der Waals surface area contributed by atoms with Gasteiger partial charge in [0.1, 0.15) is 11.4 Å². The topological polar surface area (TPSA) is 105 Å². The number of nitrogens with one attached hydrogen (secondary N) is 1. The highest BCUT2D eigenvalue weighted by molar-refractivity contribution is 5.82. The first kappa shape index (κ1) is 14.4. The predicted octanol–water partition coefficient (Wildman–Crippen LogP) is 1.20. The second-order valence-electron chi connectivity index (χ2n) is 5.39. The van der Waals surface area contributed by atoms with Gasteiger partial charge in [0.2, 0.25) is 0 Å². The van der Waals surface area contributed by atoms with Crippen molar-refractivity contribution in [1.82, 2.24) is 0 Å². The van der Waals surface area contributed by atoms with Crippen molar-refractivity contribution in [3.8, 4) is 5.75 Å². The number of rotatable bonds is 4. The monoisotopic (exact) mass is 303 g/mol. The average Bonchev–Trinajstić information content (AvgIpc) is 2.95. The predicted molar refractivity (Wildman–Crippen MR) is 76.7 cm³/mol. The molecule has 1 heterocycles. The molecule has 22 heavy (non-hydrogen) atoms. The summed E-state index contributed by atoms with van der Waals surface area (Å²) in [6, 6.07) is 2.13. The number of nitrogens with zero attached hydrogens (tertiary/aromatic N) is 1. The van der Waals surface area contributed by atoms with E-state index in [1.54, 1.807) is 13.0 Å². The van der Waals surface area contributed by atoms with Crippen LogP contribution in [0.1, 0.15) is 24.8 Å². The maximum atomic E-state index is 11.4. The van der Waals surface area contributed by atoms with Crippen LogP contribution in [0.3, 0.4) is 0 Å². The Labute approximate surface area is 126 Å². The first-order chi connectivity index (χ1) is 10.5. The van der Waals surface area contributed by atoms with Gasteiger partial charge in [-0.1, -0.05) is 12.2 Å². The minimum Gasteiger partial charge on any atom is -0.548 e. The molecule has 0 unspecified atom stereocenters. The Balaban J connectivity index is 2.16. The molecule has 1 aromatic rings. The SMILES string of the molecule is CCOc1cc2c(c([N+](=O)[O-])c1)N[C@H](C(=O)[O-])[C@@H]1CC=C[C@H]21. The highest BCUT2D eigenvalue weighted by Gasteiger charge is 2.41. The number of benzene rings is 1. The molecule has 0 aromatic heterocycles. The quantitative estimate of drug-likeness (QED) is 0.509. The van der Waals surface area contributed by atoms with Crippen molar-refractivity contribution in [1.29, 1.82) is 0 Å². The summed E-state index contributed by atoms with van der Waals surface area (Å²) in [5.41, 5.74) is 0.773. The molecule has 3 rings (SSSR count). The van der Waals surface area contributed by atoms with Gasteiger partial charge in [0.15, 0.2) is 0 Å². The smallest absolute Gasteiger partial charge is 0.296 e. The summed E-state index contributed by atoms with van der Waals surface area (Å²) < 4.78 is 5.40. The van der Waals surface area contributed by atoms with Crippen molar-refractivity contribution in [2.24, 2.45) is 5.92 Å². The lowest BCUT2D eigenvalue weighted by atomic mass is 9.79. The highest BCUT2D eigenvalue weighted by atomic mass is 16.6. The summed E-state index contributed by atoms with van der Waals surface area (Å²) in [6.07, 6.45) is 4.41. The van der Waals surface area contributed by atoms with Crippen molar-refractivity contribution in [3.05, 3.63) is 40.0 Å². The maximum absolute atomic E-state index is 11.4. The van der Waals surface area contributed by atoms with E-state index in [-0.39, 0.29) is 23.2 Å². The number of nitro benzene ring substituents is 1. The van der Waals surface area contributed by atoms with Crippen LogP contribution in [0.2, 0.25) is 0 Å². The normalized spacial score (nSPS) is 25.0. The van der Waals surface area contributed by atoms with E-state index >= 15 is 0 Å². The van der Waals surface area contributed by atoms with Crippen LogP contribution in [-0.4, -0.2) is 23.5 Å². The van der Waals surface area contributed by atoms with Crippen LogP contribution >= 0.6 is 0 Å². The van der Waals surface area contributed by atoms with Gasteiger partial charge in [0, 0.05) is 5.92 Å². The molecule has 1 N–H and O–H groups in total. The van der Waals surface area contributed by atoms with Crippen LogP contribution in [0.15, 0.2) is 24.3 Å². The molecule has 116 valence electrons. The van der Waals surface area contributed by atoms with Gasteiger partial charge in [-0.3, -0.25) is 10.1 Å². The molecule has 1 aromatic carbocycles. The summed E-state index contributed by atoms with van der Waals surface area (Å²) in [7, 11) is 0. The molecule has 7 nitrogen and oxygen atoms in total. The number of nitro groups is 1. The lowest BCUT2D eigenvalue weighted by molar-refractivity contribution is -0.384. The molecule has 0 bridgehead atoms. The van der Waals surface area contributed by atoms with Crippen molar-refractivity contribution in [2.75, 3.05) is 11.9 Å². The van der Waals surface area contributed by atoms with Crippen LogP contribution in [0.5, 0.6) is 5.75 Å². The molecule has 3 atom stereocenters. The molecule has 0 spiro atoms. The number of carbonyl (C=O) groups excluding carboxylic acids is 1. The molecule has 1 aliphatic carbocycles. The first-order valence-corrected chi connectivity index (χ1v) is 7.12. The van der Waals surface area contributed by atoms with Crippen LogP contribution in [-0.2, 0) is 4.79 Å². The van der Waals surface area contributed by atoms with Gasteiger partial charge < -0.3 is 20.0 Å². The van der Waals surface area contributed by atoms with Crippen molar-refractivity contribution < 1.29 is 19.6 Å². The summed E-state index contributed by atoms with van der Waals surface area (Å²) >= 11 is 0. The van der Waals surface area contributed by atoms with E-state index in [4.69, 9.17) is 4.74 Å². The van der Waals surface area contributed by atoms with Crippen molar-refractivity contribution in [3.63, 3.8) is 0 Å². The van der Waals surface area contributed by atoms with E-state index in [1.807, 2.05) is 12.2 Å². The van der Waals surface area contributed by atoms with Gasteiger partial charge in [-0.25, -0.2) is 0 Å². The second-order valence-corrected chi connectivity index (χ2v) is 5.39. The van der Waals surface area contributed by atoms with Crippen LogP contribution in [0.25, 0.3) is 0 Å². The molecule has 1 aliphatic heterocycles. The van der Waals surface area contributed by atoms with Gasteiger partial charge in [0.05, 0.1) is 29.6 Å². The van der Waals surface area contributed by atoms with Gasteiger partial charge in [-0.15, -0.1) is 0 Å². The van der Waals surface area contributed by atoms with Crippen molar-refractivity contribution >= 4 is 17.3 Å². The van der Waals surface area contributed by atoms with E-state index < -0.39 is 16.9 Å². The van der Waals surface area contributed by atoms with E-state index in [0.29, 0.717) is 24.3 Å². The number of hydrogen-bond acceptors (Lipinski definition) is 6. The van der Waals surface area contributed by atoms with E-state index in [2.05, 4.69) is 5.32 Å². The van der Waals surface area contributed by atoms with Gasteiger partial charge in [-0.2, -0.15) is 0 Å². The Kier molecular flexibility index (Phi) is 3.48. The van der Waals surface area contributed by atoms with Crippen LogP contribution in [0, 0.1) is 16.0 Å². The molecule has 7 heteroatoms. The lowest BCUT2D eigenvalue weighted by Crippen LogP contribution is -2.49. The average molecular weight is 303 g/mol. The Bertz CT molecular complexity index is 670. The summed E-state index contributed by atoms with van der Waals surface area (Å²) in [5, 5.41) is 25.5. The molecule has 0 saturated heterocycles. The number of allylic oxidation sites excluding steroid dienone is 2. The second kappa shape index (κ2) is 5.32. The number of ether oxygens (including phenoxy) is 1. The number of hydrogen-bond donors (Lipinski definition) is 1. The van der Waals surface area contributed by atoms with Crippen LogP contribution < -0.4 is 15.2 Å². The third kappa shape index (κ3) is 2.18. The minimum absolute atomic E-state index is 0.175. The third-order valence-corrected chi connectivity index (χ3v) is 4.18. The Morgan fingerprint density at radius 1 is 1.50 bits per heavy atom. The Hall–Kier alpha value is -2.57. The molecule has 0 radical (unpaired) electrons. The number of aliphatic carboxylic acids is 1. The molecular weight excluding hydrogens is 288 g/mol. The fourth-order valence-electron chi connectivity index (χ4n) is 3.28. The van der Waals surface area contributed by atoms with Gasteiger partial charge in [-0.05, 0) is 30.9 Å². The zero-order valence-electron chi connectivity index (χ0n) is 11.9. The summed E-state index contributed by atoms with van der Waals surface area (Å²) in [5.74, 6) is -1.21. The lowest BCUT2D eigenvalue weighted by Gasteiger charge is -2.37. The highest BCUT2D eigenvalue weighted by Crippen LogP contribution is 2.49. The van der Waals surface area contributed by atoms with Gasteiger partial charge >= 0.3 is 0 Å². The minimum atomic E-state index is -1.24. The molecular formula is C15H15N2O5-. The molecule has 0 saturated carbocycles. The first-order valence-electron chi connectivity index (χ1n) is 7.12. The van der Waals surface area contributed by atoms with Gasteiger partial charge in [0.25, 0.3) is 5.69 Å². The number of fused-ring (bicyclic) bond motifs is 3. The van der Waals surface area contributed by atoms with Crippen LogP contribution in [0.4, 0.5) is 11.4 Å². The van der Waals surface area contributed by atoms with E-state index in [0.717, 1.165) is 0 Å². The number of carboxylic acids is 1. The summed E-state index contributed by atoms with van der Waals surface area (Å²) in [6.45, 7) is 2.20. The summed E-state index contributed by atoms with van der Waals surface area (Å²) in [4.78, 5) is 22.2.